The Kier molecular flexibility index (Phi) is 4.92. The van der Waals surface area contributed by atoms with E-state index in [1.165, 1.54) is 19.3 Å². The fraction of sp³-hybridized carbons (Fsp3) is 0.538. The maximum absolute atomic E-state index is 12.5. The molecule has 1 aromatic heterocycles. The molecule has 0 aliphatic carbocycles. The van der Waals surface area contributed by atoms with Crippen molar-refractivity contribution in [1.82, 2.24) is 14.2 Å². The van der Waals surface area contributed by atoms with Crippen LogP contribution < -0.4 is 5.73 Å². The van der Waals surface area contributed by atoms with Crippen LogP contribution in [-0.2, 0) is 21.4 Å². The second kappa shape index (κ2) is 6.50. The predicted octanol–water partition coefficient (Wildman–Crippen LogP) is -0.217. The number of nitrogens with two attached hydrogens (primary N) is 1. The van der Waals surface area contributed by atoms with E-state index in [9.17, 15) is 13.2 Å². The first kappa shape index (κ1) is 15.9. The van der Waals surface area contributed by atoms with Crippen LogP contribution in [0.2, 0.25) is 0 Å². The van der Waals surface area contributed by atoms with Gasteiger partial charge in [0.15, 0.2) is 0 Å². The minimum atomic E-state index is -3.76. The van der Waals surface area contributed by atoms with E-state index in [1.54, 1.807) is 11.0 Å². The third-order valence-corrected chi connectivity index (χ3v) is 5.42. The molecule has 116 valence electrons. The minimum Gasteiger partial charge on any atom is -0.342 e. The third kappa shape index (κ3) is 3.39. The van der Waals surface area contributed by atoms with E-state index >= 15 is 0 Å². The van der Waals surface area contributed by atoms with Crippen molar-refractivity contribution in [3.05, 3.63) is 24.0 Å². The number of amides is 1. The Bertz CT molecular complexity index is 612. The molecule has 0 radical (unpaired) electrons. The average molecular weight is 312 g/mol. The fourth-order valence-corrected chi connectivity index (χ4v) is 3.62. The second-order valence-electron chi connectivity index (χ2n) is 5.00. The zero-order chi connectivity index (χ0) is 15.5. The van der Waals surface area contributed by atoms with Gasteiger partial charge in [-0.25, -0.2) is 8.42 Å². The molecule has 7 nitrogen and oxygen atoms in total. The topological polar surface area (TPSA) is 96.6 Å². The average Bonchev–Trinajstić information content (AvgIpc) is 3.01. The standard InChI is InChI=1S/C13H20N4O3S/c1-16(10-13(18)17-7-2-3-8-17)21(19,20)12-5-4-6-15-11(12)9-14/h4-6H,2-3,7-10,14H2,1H3. The molecule has 0 bridgehead atoms. The number of rotatable bonds is 5. The van der Waals surface area contributed by atoms with Gasteiger partial charge in [-0.15, -0.1) is 0 Å². The van der Waals surface area contributed by atoms with Gasteiger partial charge in [0, 0.05) is 32.9 Å². The first-order valence-electron chi connectivity index (χ1n) is 6.85. The van der Waals surface area contributed by atoms with Crippen LogP contribution >= 0.6 is 0 Å². The summed E-state index contributed by atoms with van der Waals surface area (Å²) in [5, 5.41) is 0. The Morgan fingerprint density at radius 1 is 1.43 bits per heavy atom. The number of pyridine rings is 1. The summed E-state index contributed by atoms with van der Waals surface area (Å²) >= 11 is 0. The fourth-order valence-electron chi connectivity index (χ4n) is 2.32. The molecule has 1 aromatic rings. The smallest absolute Gasteiger partial charge is 0.245 e. The Morgan fingerprint density at radius 2 is 2.10 bits per heavy atom. The monoisotopic (exact) mass is 312 g/mol. The molecule has 1 amide bonds. The van der Waals surface area contributed by atoms with E-state index in [2.05, 4.69) is 4.98 Å². The maximum atomic E-state index is 12.5. The Hall–Kier alpha value is -1.51. The molecule has 0 spiro atoms. The van der Waals surface area contributed by atoms with Gasteiger partial charge in [0.05, 0.1) is 12.2 Å². The van der Waals surface area contributed by atoms with Gasteiger partial charge in [-0.1, -0.05) is 0 Å². The van der Waals surface area contributed by atoms with E-state index in [4.69, 9.17) is 5.73 Å². The van der Waals surface area contributed by atoms with E-state index in [-0.39, 0.29) is 23.9 Å². The highest BCUT2D eigenvalue weighted by molar-refractivity contribution is 7.89. The molecule has 0 atom stereocenters. The summed E-state index contributed by atoms with van der Waals surface area (Å²) in [6.45, 7) is 1.27. The Morgan fingerprint density at radius 3 is 2.71 bits per heavy atom. The highest BCUT2D eigenvalue weighted by atomic mass is 32.2. The van der Waals surface area contributed by atoms with Crippen molar-refractivity contribution in [2.75, 3.05) is 26.7 Å². The van der Waals surface area contributed by atoms with Crippen molar-refractivity contribution in [3.8, 4) is 0 Å². The Balaban J connectivity index is 2.16. The molecule has 0 unspecified atom stereocenters. The van der Waals surface area contributed by atoms with Gasteiger partial charge >= 0.3 is 0 Å². The lowest BCUT2D eigenvalue weighted by Gasteiger charge is -2.21. The first-order valence-corrected chi connectivity index (χ1v) is 8.29. The highest BCUT2D eigenvalue weighted by Crippen LogP contribution is 2.17. The number of likely N-dealkylation sites (N-methyl/N-ethyl adjacent to an activating group) is 1. The number of carbonyl (C=O) groups is 1. The SMILES string of the molecule is CN(CC(=O)N1CCCC1)S(=O)(=O)c1cccnc1CN. The van der Waals surface area contributed by atoms with Crippen molar-refractivity contribution in [1.29, 1.82) is 0 Å². The van der Waals surface area contributed by atoms with Gasteiger partial charge in [-0.3, -0.25) is 9.78 Å². The van der Waals surface area contributed by atoms with Crippen LogP contribution in [0.3, 0.4) is 0 Å². The summed E-state index contributed by atoms with van der Waals surface area (Å²) in [5.74, 6) is -0.170. The summed E-state index contributed by atoms with van der Waals surface area (Å²) in [5.41, 5.74) is 5.83. The van der Waals surface area contributed by atoms with Gasteiger partial charge in [0.1, 0.15) is 4.90 Å². The Labute approximate surface area is 124 Å². The molecule has 21 heavy (non-hydrogen) atoms. The normalized spacial score (nSPS) is 15.7. The predicted molar refractivity (Wildman–Crippen MR) is 77.8 cm³/mol. The largest absolute Gasteiger partial charge is 0.342 e. The van der Waals surface area contributed by atoms with Gasteiger partial charge < -0.3 is 10.6 Å². The van der Waals surface area contributed by atoms with E-state index in [0.29, 0.717) is 18.8 Å². The molecular weight excluding hydrogens is 292 g/mol. The molecule has 2 rings (SSSR count). The van der Waals surface area contributed by atoms with Crippen LogP contribution in [0.4, 0.5) is 0 Å². The number of carbonyl (C=O) groups excluding carboxylic acids is 1. The lowest BCUT2D eigenvalue weighted by Crippen LogP contribution is -2.40. The number of hydrogen-bond acceptors (Lipinski definition) is 5. The van der Waals surface area contributed by atoms with Crippen molar-refractivity contribution < 1.29 is 13.2 Å². The van der Waals surface area contributed by atoms with Crippen molar-refractivity contribution in [3.63, 3.8) is 0 Å². The molecular formula is C13H20N4O3S. The lowest BCUT2D eigenvalue weighted by molar-refractivity contribution is -0.130. The van der Waals surface area contributed by atoms with Crippen molar-refractivity contribution in [2.24, 2.45) is 5.73 Å². The van der Waals surface area contributed by atoms with Crippen LogP contribution in [0.1, 0.15) is 18.5 Å². The summed E-state index contributed by atoms with van der Waals surface area (Å²) in [6, 6.07) is 3.00. The quantitative estimate of drug-likeness (QED) is 0.811. The summed E-state index contributed by atoms with van der Waals surface area (Å²) < 4.78 is 26.1. The number of sulfonamides is 1. The van der Waals surface area contributed by atoms with Gasteiger partial charge in [-0.2, -0.15) is 4.31 Å². The molecule has 0 saturated carbocycles. The van der Waals surface area contributed by atoms with Crippen molar-refractivity contribution >= 4 is 15.9 Å². The highest BCUT2D eigenvalue weighted by Gasteiger charge is 2.28. The minimum absolute atomic E-state index is 0.0311. The molecule has 8 heteroatoms. The summed E-state index contributed by atoms with van der Waals surface area (Å²) in [6.07, 6.45) is 3.45. The number of likely N-dealkylation sites (tertiary alicyclic amines) is 1. The van der Waals surface area contributed by atoms with E-state index in [1.807, 2.05) is 0 Å². The van der Waals surface area contributed by atoms with E-state index in [0.717, 1.165) is 17.1 Å². The number of nitrogens with zero attached hydrogens (tertiary/aromatic N) is 3. The molecule has 1 saturated heterocycles. The lowest BCUT2D eigenvalue weighted by atomic mass is 10.3. The summed E-state index contributed by atoms with van der Waals surface area (Å²) in [7, 11) is -2.36. The molecule has 2 heterocycles. The second-order valence-corrected chi connectivity index (χ2v) is 7.01. The van der Waals surface area contributed by atoms with Crippen LogP contribution in [0.5, 0.6) is 0 Å². The van der Waals surface area contributed by atoms with Crippen LogP contribution in [0.25, 0.3) is 0 Å². The van der Waals surface area contributed by atoms with Crippen LogP contribution in [0.15, 0.2) is 23.2 Å². The molecule has 1 fully saturated rings. The summed E-state index contributed by atoms with van der Waals surface area (Å²) in [4.78, 5) is 17.8. The molecule has 0 aromatic carbocycles. The molecule has 2 N–H and O–H groups in total. The maximum Gasteiger partial charge on any atom is 0.245 e. The number of aromatic nitrogens is 1. The molecule has 1 aliphatic heterocycles. The van der Waals surface area contributed by atoms with Gasteiger partial charge in [0.25, 0.3) is 0 Å². The van der Waals surface area contributed by atoms with Gasteiger partial charge in [-0.05, 0) is 25.0 Å². The zero-order valence-electron chi connectivity index (χ0n) is 12.0. The van der Waals surface area contributed by atoms with Crippen LogP contribution in [0, 0.1) is 0 Å². The molecule has 1 aliphatic rings. The number of hydrogen-bond donors (Lipinski definition) is 1. The van der Waals surface area contributed by atoms with E-state index < -0.39 is 10.0 Å². The van der Waals surface area contributed by atoms with Crippen LogP contribution in [-0.4, -0.2) is 55.2 Å². The third-order valence-electron chi connectivity index (χ3n) is 3.55. The first-order chi connectivity index (χ1) is 9.96. The van der Waals surface area contributed by atoms with Crippen molar-refractivity contribution in [2.45, 2.75) is 24.3 Å². The van der Waals surface area contributed by atoms with Gasteiger partial charge in [0.2, 0.25) is 15.9 Å². The zero-order valence-corrected chi connectivity index (χ0v) is 12.8.